The van der Waals surface area contributed by atoms with Gasteiger partial charge in [-0.05, 0) is 18.9 Å². The molecule has 1 aliphatic rings. The Morgan fingerprint density at radius 2 is 1.63 bits per heavy atom. The Hall–Kier alpha value is -1.13. The molecule has 2 rings (SSSR count). The molecule has 1 fully saturated rings. The van der Waals surface area contributed by atoms with Gasteiger partial charge in [0, 0.05) is 35.3 Å². The van der Waals surface area contributed by atoms with Crippen LogP contribution in [0.5, 0.6) is 5.75 Å². The lowest BCUT2D eigenvalue weighted by atomic mass is 10.2. The second-order valence-electron chi connectivity index (χ2n) is 4.52. The molecule has 104 valence electrons. The molecule has 19 heavy (non-hydrogen) atoms. The summed E-state index contributed by atoms with van der Waals surface area (Å²) in [6.45, 7) is 1.54. The van der Waals surface area contributed by atoms with Crippen molar-refractivity contribution in [3.05, 3.63) is 28.2 Å². The third-order valence-corrected chi connectivity index (χ3v) is 3.42. The molecule has 1 N–H and O–H groups in total. The molecule has 0 unspecified atom stereocenters. The smallest absolute Gasteiger partial charge is 0.350 e. The normalized spacial score (nSPS) is 15.8. The number of hydrogen-bond donors (Lipinski definition) is 1. The van der Waals surface area contributed by atoms with Gasteiger partial charge in [-0.1, -0.05) is 36.0 Å². The number of nitrogens with zero attached hydrogens (tertiary/aromatic N) is 1. The number of halogens is 2. The summed E-state index contributed by atoms with van der Waals surface area (Å²) in [4.78, 5) is 18.9. The first kappa shape index (κ1) is 14.3. The number of carbonyl (C=O) groups is 1. The van der Waals surface area contributed by atoms with Crippen molar-refractivity contribution in [3.8, 4) is 5.75 Å². The molecule has 4 nitrogen and oxygen atoms in total. The molecule has 2 amide bonds. The van der Waals surface area contributed by atoms with Crippen LogP contribution in [0.15, 0.2) is 18.2 Å². The Kier molecular flexibility index (Phi) is 5.16. The molecule has 1 aromatic rings. The largest absolute Gasteiger partial charge is 0.378 e. The number of benzene rings is 1. The summed E-state index contributed by atoms with van der Waals surface area (Å²) in [5.41, 5.74) is 2.42. The van der Waals surface area contributed by atoms with E-state index in [0.29, 0.717) is 15.8 Å². The molecule has 0 spiro atoms. The average Bonchev–Trinajstić information content (AvgIpc) is 2.63. The van der Waals surface area contributed by atoms with Gasteiger partial charge in [-0.25, -0.2) is 4.79 Å². The zero-order chi connectivity index (χ0) is 13.7. The van der Waals surface area contributed by atoms with E-state index in [1.807, 2.05) is 0 Å². The van der Waals surface area contributed by atoms with E-state index in [0.717, 1.165) is 25.9 Å². The van der Waals surface area contributed by atoms with Crippen molar-refractivity contribution in [2.24, 2.45) is 0 Å². The first-order valence-corrected chi connectivity index (χ1v) is 7.08. The van der Waals surface area contributed by atoms with Gasteiger partial charge in [-0.2, -0.15) is 5.48 Å². The van der Waals surface area contributed by atoms with Gasteiger partial charge in [-0.15, -0.1) is 0 Å². The average molecular weight is 303 g/mol. The quantitative estimate of drug-likeness (QED) is 0.843. The molecular formula is C13H16Cl2N2O2. The third-order valence-electron chi connectivity index (χ3n) is 2.99. The van der Waals surface area contributed by atoms with E-state index >= 15 is 0 Å². The number of hydrogen-bond acceptors (Lipinski definition) is 2. The maximum Gasteiger partial charge on any atom is 0.350 e. The number of urea groups is 1. The highest BCUT2D eigenvalue weighted by atomic mass is 35.5. The second kappa shape index (κ2) is 6.87. The molecule has 0 radical (unpaired) electrons. The third kappa shape index (κ3) is 4.48. The predicted molar refractivity (Wildman–Crippen MR) is 75.7 cm³/mol. The predicted octanol–water partition coefficient (Wildman–Crippen LogP) is 3.87. The van der Waals surface area contributed by atoms with Crippen molar-refractivity contribution in [1.29, 1.82) is 0 Å². The number of hydroxylamine groups is 1. The van der Waals surface area contributed by atoms with Crippen LogP contribution in [-0.2, 0) is 0 Å². The second-order valence-corrected chi connectivity index (χ2v) is 5.39. The van der Waals surface area contributed by atoms with E-state index in [2.05, 4.69) is 5.48 Å². The van der Waals surface area contributed by atoms with Crippen LogP contribution >= 0.6 is 23.2 Å². The van der Waals surface area contributed by atoms with E-state index in [-0.39, 0.29) is 6.03 Å². The summed E-state index contributed by atoms with van der Waals surface area (Å²) in [6.07, 6.45) is 4.43. The van der Waals surface area contributed by atoms with Crippen molar-refractivity contribution in [2.45, 2.75) is 25.7 Å². The van der Waals surface area contributed by atoms with Crippen LogP contribution < -0.4 is 10.3 Å². The topological polar surface area (TPSA) is 41.6 Å². The summed E-state index contributed by atoms with van der Waals surface area (Å²) < 4.78 is 0. The minimum Gasteiger partial charge on any atom is -0.378 e. The molecule has 0 aromatic heterocycles. The summed E-state index contributed by atoms with van der Waals surface area (Å²) in [6, 6.07) is 4.57. The van der Waals surface area contributed by atoms with Gasteiger partial charge in [-0.3, -0.25) is 0 Å². The standard InChI is InChI=1S/C13H16Cl2N2O2/c14-10-7-11(15)9-12(8-10)19-16-13(18)17-5-3-1-2-4-6-17/h7-9H,1-6H2,(H,16,18). The fourth-order valence-corrected chi connectivity index (χ4v) is 2.53. The van der Waals surface area contributed by atoms with Crippen molar-refractivity contribution in [3.63, 3.8) is 0 Å². The van der Waals surface area contributed by atoms with E-state index < -0.39 is 0 Å². The first-order valence-electron chi connectivity index (χ1n) is 6.33. The molecule has 0 bridgehead atoms. The van der Waals surface area contributed by atoms with Crippen LogP contribution in [0.2, 0.25) is 10.0 Å². The minimum absolute atomic E-state index is 0.224. The van der Waals surface area contributed by atoms with E-state index in [1.165, 1.54) is 12.8 Å². The number of nitrogens with one attached hydrogen (secondary N) is 1. The van der Waals surface area contributed by atoms with Crippen LogP contribution in [0.4, 0.5) is 4.79 Å². The van der Waals surface area contributed by atoms with Crippen molar-refractivity contribution < 1.29 is 9.63 Å². The van der Waals surface area contributed by atoms with E-state index in [4.69, 9.17) is 28.0 Å². The maximum atomic E-state index is 11.9. The molecule has 0 saturated carbocycles. The zero-order valence-corrected chi connectivity index (χ0v) is 12.0. The Labute approximate surface area is 122 Å². The number of amides is 2. The van der Waals surface area contributed by atoms with E-state index in [1.54, 1.807) is 23.1 Å². The SMILES string of the molecule is O=C(NOc1cc(Cl)cc(Cl)c1)N1CCCCCC1. The van der Waals surface area contributed by atoms with Crippen LogP contribution in [0, 0.1) is 0 Å². The Morgan fingerprint density at radius 3 is 2.21 bits per heavy atom. The zero-order valence-electron chi connectivity index (χ0n) is 10.5. The van der Waals surface area contributed by atoms with Crippen molar-refractivity contribution in [1.82, 2.24) is 10.4 Å². The highest BCUT2D eigenvalue weighted by molar-refractivity contribution is 6.34. The Balaban J connectivity index is 1.88. The lowest BCUT2D eigenvalue weighted by molar-refractivity contribution is 0.144. The Bertz CT molecular complexity index is 426. The number of carbonyl (C=O) groups excluding carboxylic acids is 1. The van der Waals surface area contributed by atoms with Gasteiger partial charge in [0.2, 0.25) is 0 Å². The first-order chi connectivity index (χ1) is 9.15. The molecule has 0 atom stereocenters. The van der Waals surface area contributed by atoms with E-state index in [9.17, 15) is 4.79 Å². The highest BCUT2D eigenvalue weighted by Gasteiger charge is 2.15. The number of likely N-dealkylation sites (tertiary alicyclic amines) is 1. The lowest BCUT2D eigenvalue weighted by Crippen LogP contribution is -2.41. The molecule has 1 heterocycles. The molecule has 0 aliphatic carbocycles. The van der Waals surface area contributed by atoms with Gasteiger partial charge < -0.3 is 9.74 Å². The number of rotatable bonds is 2. The van der Waals surface area contributed by atoms with Crippen LogP contribution in [-0.4, -0.2) is 24.0 Å². The molecule has 1 saturated heterocycles. The van der Waals surface area contributed by atoms with Gasteiger partial charge in [0.1, 0.15) is 0 Å². The van der Waals surface area contributed by atoms with Gasteiger partial charge in [0.15, 0.2) is 5.75 Å². The molecular weight excluding hydrogens is 287 g/mol. The highest BCUT2D eigenvalue weighted by Crippen LogP contribution is 2.23. The molecule has 1 aliphatic heterocycles. The monoisotopic (exact) mass is 302 g/mol. The van der Waals surface area contributed by atoms with Gasteiger partial charge in [0.05, 0.1) is 0 Å². The summed E-state index contributed by atoms with van der Waals surface area (Å²) in [5, 5.41) is 0.929. The van der Waals surface area contributed by atoms with Gasteiger partial charge >= 0.3 is 6.03 Å². The minimum atomic E-state index is -0.224. The van der Waals surface area contributed by atoms with Crippen LogP contribution in [0.1, 0.15) is 25.7 Å². The van der Waals surface area contributed by atoms with Gasteiger partial charge in [0.25, 0.3) is 0 Å². The maximum absolute atomic E-state index is 11.9. The van der Waals surface area contributed by atoms with Crippen LogP contribution in [0.25, 0.3) is 0 Å². The summed E-state index contributed by atoms with van der Waals surface area (Å²) in [7, 11) is 0. The summed E-state index contributed by atoms with van der Waals surface area (Å²) in [5.74, 6) is 0.417. The lowest BCUT2D eigenvalue weighted by Gasteiger charge is -2.20. The van der Waals surface area contributed by atoms with Crippen molar-refractivity contribution in [2.75, 3.05) is 13.1 Å². The fourth-order valence-electron chi connectivity index (χ4n) is 2.03. The Morgan fingerprint density at radius 1 is 1.05 bits per heavy atom. The molecule has 1 aromatic carbocycles. The van der Waals surface area contributed by atoms with Crippen LogP contribution in [0.3, 0.4) is 0 Å². The fraction of sp³-hybridized carbons (Fsp3) is 0.462. The molecule has 6 heteroatoms. The summed E-state index contributed by atoms with van der Waals surface area (Å²) >= 11 is 11.7. The van der Waals surface area contributed by atoms with Crippen molar-refractivity contribution >= 4 is 29.2 Å².